The van der Waals surface area contributed by atoms with E-state index in [1.807, 2.05) is 24.1 Å². The molecule has 0 radical (unpaired) electrons. The lowest BCUT2D eigenvalue weighted by Gasteiger charge is -2.23. The second kappa shape index (κ2) is 10.9. The monoisotopic (exact) mass is 463 g/mol. The molecule has 0 saturated carbocycles. The number of methoxy groups -OCH3 is 2. The zero-order chi connectivity index (χ0) is 23.3. The number of hydrogen-bond acceptors (Lipinski definition) is 5. The lowest BCUT2D eigenvalue weighted by Crippen LogP contribution is -2.35. The number of carbonyl (C=O) groups is 1. The number of amides is 1. The fourth-order valence-corrected chi connectivity index (χ4v) is 4.23. The molecule has 32 heavy (non-hydrogen) atoms. The molecular weight excluding hydrogens is 433 g/mol. The molecule has 0 aromatic heterocycles. The van der Waals surface area contributed by atoms with Gasteiger partial charge in [0.15, 0.2) is 11.5 Å². The minimum absolute atomic E-state index is 0.00933. The Balaban J connectivity index is 1.49. The molecule has 8 heteroatoms. The SMILES string of the molecule is COc1cc2c(cc1OC)CC(=O)N(CCCN(C)CCc1cc(F)c(N)c(Cl)c1)CC2. The maximum absolute atomic E-state index is 13.8. The van der Waals surface area contributed by atoms with Crippen LogP contribution in [0.4, 0.5) is 10.1 Å². The second-order valence-corrected chi connectivity index (χ2v) is 8.57. The number of nitrogens with two attached hydrogens (primary N) is 1. The van der Waals surface area contributed by atoms with E-state index < -0.39 is 5.82 Å². The van der Waals surface area contributed by atoms with Crippen LogP contribution in [0.2, 0.25) is 5.02 Å². The van der Waals surface area contributed by atoms with Crippen LogP contribution in [-0.4, -0.2) is 63.2 Å². The first-order valence-electron chi connectivity index (χ1n) is 10.8. The summed E-state index contributed by atoms with van der Waals surface area (Å²) >= 11 is 5.97. The molecule has 0 unspecified atom stereocenters. The summed E-state index contributed by atoms with van der Waals surface area (Å²) in [5.41, 5.74) is 8.50. The molecule has 6 nitrogen and oxygen atoms in total. The first-order chi connectivity index (χ1) is 15.3. The van der Waals surface area contributed by atoms with Crippen LogP contribution in [0.25, 0.3) is 0 Å². The topological polar surface area (TPSA) is 68.0 Å². The second-order valence-electron chi connectivity index (χ2n) is 8.16. The summed E-state index contributed by atoms with van der Waals surface area (Å²) in [5, 5.41) is 0.249. The van der Waals surface area contributed by atoms with Crippen molar-refractivity contribution in [1.29, 1.82) is 0 Å². The molecule has 1 amide bonds. The summed E-state index contributed by atoms with van der Waals surface area (Å²) < 4.78 is 24.5. The molecule has 174 valence electrons. The summed E-state index contributed by atoms with van der Waals surface area (Å²) in [5.74, 6) is 0.990. The Hall–Kier alpha value is -2.51. The Morgan fingerprint density at radius 2 is 1.81 bits per heavy atom. The van der Waals surface area contributed by atoms with Crippen molar-refractivity contribution in [2.75, 3.05) is 53.2 Å². The van der Waals surface area contributed by atoms with Crippen LogP contribution >= 0.6 is 11.6 Å². The maximum Gasteiger partial charge on any atom is 0.227 e. The van der Waals surface area contributed by atoms with E-state index in [0.717, 1.165) is 42.6 Å². The molecule has 2 aromatic carbocycles. The molecule has 2 N–H and O–H groups in total. The van der Waals surface area contributed by atoms with Gasteiger partial charge in [-0.2, -0.15) is 0 Å². The zero-order valence-corrected chi connectivity index (χ0v) is 19.7. The van der Waals surface area contributed by atoms with Gasteiger partial charge in [-0.05, 0) is 73.8 Å². The van der Waals surface area contributed by atoms with E-state index in [1.54, 1.807) is 20.3 Å². The summed E-state index contributed by atoms with van der Waals surface area (Å²) in [6, 6.07) is 7.04. The molecule has 0 saturated heterocycles. The molecule has 3 rings (SSSR count). The molecular formula is C24H31ClFN3O3. The first kappa shape index (κ1) is 24.1. The first-order valence-corrected chi connectivity index (χ1v) is 11.1. The van der Waals surface area contributed by atoms with Crippen molar-refractivity contribution in [2.45, 2.75) is 25.7 Å². The molecule has 2 aromatic rings. The number of fused-ring (bicyclic) bond motifs is 1. The lowest BCUT2D eigenvalue weighted by molar-refractivity contribution is -0.130. The van der Waals surface area contributed by atoms with Gasteiger partial charge in [0.2, 0.25) is 5.91 Å². The third kappa shape index (κ3) is 5.84. The number of rotatable bonds is 9. The number of nitrogens with zero attached hydrogens (tertiary/aromatic N) is 2. The predicted molar refractivity (Wildman–Crippen MR) is 125 cm³/mol. The number of nitrogen functional groups attached to an aromatic ring is 1. The van der Waals surface area contributed by atoms with Crippen LogP contribution in [0.5, 0.6) is 11.5 Å². The van der Waals surface area contributed by atoms with Gasteiger partial charge in [0.1, 0.15) is 5.82 Å². The Morgan fingerprint density at radius 3 is 2.47 bits per heavy atom. The Morgan fingerprint density at radius 1 is 1.12 bits per heavy atom. The third-order valence-corrected chi connectivity index (χ3v) is 6.25. The minimum Gasteiger partial charge on any atom is -0.493 e. The summed E-state index contributed by atoms with van der Waals surface area (Å²) in [4.78, 5) is 16.9. The number of anilines is 1. The van der Waals surface area contributed by atoms with Crippen molar-refractivity contribution in [3.8, 4) is 11.5 Å². The molecule has 1 aliphatic heterocycles. The molecule has 1 heterocycles. The standard InChI is InChI=1S/C24H31ClFN3O3/c1-28(9-5-16-11-19(25)24(27)20(26)12-16)7-4-8-29-10-6-17-13-21(31-2)22(32-3)14-18(17)15-23(29)30/h11-14H,4-10,15,27H2,1-3H3. The van der Waals surface area contributed by atoms with Crippen LogP contribution < -0.4 is 15.2 Å². The average Bonchev–Trinajstić information content (AvgIpc) is 2.92. The fraction of sp³-hybridized carbons (Fsp3) is 0.458. The van der Waals surface area contributed by atoms with Gasteiger partial charge in [-0.15, -0.1) is 0 Å². The quantitative estimate of drug-likeness (QED) is 0.576. The van der Waals surface area contributed by atoms with Crippen LogP contribution in [-0.2, 0) is 24.1 Å². The minimum atomic E-state index is -0.480. The van der Waals surface area contributed by atoms with E-state index in [2.05, 4.69) is 4.90 Å². The highest BCUT2D eigenvalue weighted by molar-refractivity contribution is 6.33. The molecule has 0 spiro atoms. The van der Waals surface area contributed by atoms with Gasteiger partial charge in [0.25, 0.3) is 0 Å². The number of halogens is 2. The summed E-state index contributed by atoms with van der Waals surface area (Å²) in [7, 11) is 5.24. The third-order valence-electron chi connectivity index (χ3n) is 5.94. The van der Waals surface area contributed by atoms with Crippen molar-refractivity contribution in [3.05, 3.63) is 51.8 Å². The lowest BCUT2D eigenvalue weighted by atomic mass is 10.0. The Bertz CT molecular complexity index is 947. The number of carbonyl (C=O) groups excluding carboxylic acids is 1. The van der Waals surface area contributed by atoms with E-state index >= 15 is 0 Å². The number of ether oxygens (including phenoxy) is 2. The number of likely N-dealkylation sites (N-methyl/N-ethyl adjacent to an activating group) is 1. The van der Waals surface area contributed by atoms with E-state index in [1.165, 1.54) is 6.07 Å². The number of hydrogen-bond donors (Lipinski definition) is 1. The summed E-state index contributed by atoms with van der Waals surface area (Å²) in [6.07, 6.45) is 2.70. The van der Waals surface area contributed by atoms with E-state index in [-0.39, 0.29) is 16.6 Å². The molecule has 0 atom stereocenters. The van der Waals surface area contributed by atoms with Gasteiger partial charge in [-0.3, -0.25) is 4.79 Å². The van der Waals surface area contributed by atoms with Crippen molar-refractivity contribution in [3.63, 3.8) is 0 Å². The maximum atomic E-state index is 13.8. The van der Waals surface area contributed by atoms with Crippen molar-refractivity contribution in [1.82, 2.24) is 9.80 Å². The van der Waals surface area contributed by atoms with Gasteiger partial charge in [-0.1, -0.05) is 11.6 Å². The highest BCUT2D eigenvalue weighted by Gasteiger charge is 2.22. The van der Waals surface area contributed by atoms with Gasteiger partial charge >= 0.3 is 0 Å². The highest BCUT2D eigenvalue weighted by Crippen LogP contribution is 2.32. The largest absolute Gasteiger partial charge is 0.493 e. The van der Waals surface area contributed by atoms with Crippen LogP contribution in [0.1, 0.15) is 23.1 Å². The van der Waals surface area contributed by atoms with Crippen LogP contribution in [0.15, 0.2) is 24.3 Å². The summed E-state index contributed by atoms with van der Waals surface area (Å²) in [6.45, 7) is 2.99. The van der Waals surface area contributed by atoms with Gasteiger partial charge in [0, 0.05) is 19.6 Å². The molecule has 0 fully saturated rings. The van der Waals surface area contributed by atoms with Gasteiger partial charge < -0.3 is 25.0 Å². The van der Waals surface area contributed by atoms with E-state index in [9.17, 15) is 9.18 Å². The van der Waals surface area contributed by atoms with Gasteiger partial charge in [0.05, 0.1) is 31.4 Å². The Kier molecular flexibility index (Phi) is 8.21. The Labute approximate surface area is 194 Å². The normalized spacial score (nSPS) is 13.8. The van der Waals surface area contributed by atoms with Gasteiger partial charge in [-0.25, -0.2) is 4.39 Å². The fourth-order valence-electron chi connectivity index (χ4n) is 4.00. The number of benzene rings is 2. The van der Waals surface area contributed by atoms with Crippen molar-refractivity contribution >= 4 is 23.2 Å². The zero-order valence-electron chi connectivity index (χ0n) is 18.9. The average molecular weight is 464 g/mol. The van der Waals surface area contributed by atoms with Crippen molar-refractivity contribution < 1.29 is 18.7 Å². The van der Waals surface area contributed by atoms with E-state index in [4.69, 9.17) is 26.8 Å². The smallest absolute Gasteiger partial charge is 0.227 e. The highest BCUT2D eigenvalue weighted by atomic mass is 35.5. The molecule has 0 aliphatic carbocycles. The van der Waals surface area contributed by atoms with Crippen molar-refractivity contribution in [2.24, 2.45) is 0 Å². The van der Waals surface area contributed by atoms with E-state index in [0.29, 0.717) is 37.4 Å². The predicted octanol–water partition coefficient (Wildman–Crippen LogP) is 3.57. The van der Waals surface area contributed by atoms with Crippen LogP contribution in [0.3, 0.4) is 0 Å². The molecule has 1 aliphatic rings. The van der Waals surface area contributed by atoms with Crippen LogP contribution in [0, 0.1) is 5.82 Å². The molecule has 0 bridgehead atoms.